The summed E-state index contributed by atoms with van der Waals surface area (Å²) in [5.74, 6) is -0.334. The highest BCUT2D eigenvalue weighted by molar-refractivity contribution is 7.89. The molecule has 1 aliphatic rings. The Morgan fingerprint density at radius 1 is 1.23 bits per heavy atom. The molecular formula is C23H28N4O3S. The van der Waals surface area contributed by atoms with Gasteiger partial charge in [-0.15, -0.1) is 0 Å². The fraction of sp³-hybridized carbons (Fsp3) is 0.391. The Bertz CT molecular complexity index is 1190. The largest absolute Gasteiger partial charge is 0.326 e. The van der Waals surface area contributed by atoms with Crippen LogP contribution >= 0.6 is 0 Å². The summed E-state index contributed by atoms with van der Waals surface area (Å²) in [7, 11) is -3.28. The molecular weight excluding hydrogens is 412 g/mol. The quantitative estimate of drug-likeness (QED) is 0.633. The van der Waals surface area contributed by atoms with Crippen LogP contribution in [-0.4, -0.2) is 46.9 Å². The van der Waals surface area contributed by atoms with Crippen molar-refractivity contribution in [2.75, 3.05) is 24.2 Å². The lowest BCUT2D eigenvalue weighted by Gasteiger charge is -2.31. The lowest BCUT2D eigenvalue weighted by molar-refractivity contribution is -0.120. The minimum Gasteiger partial charge on any atom is -0.326 e. The number of nitrogens with zero attached hydrogens (tertiary/aromatic N) is 3. The monoisotopic (exact) mass is 440 g/mol. The summed E-state index contributed by atoms with van der Waals surface area (Å²) in [6, 6.07) is 11.6. The number of benzene rings is 1. The first-order valence-electron chi connectivity index (χ1n) is 10.7. The summed E-state index contributed by atoms with van der Waals surface area (Å²) < 4.78 is 28.2. The molecule has 1 aromatic carbocycles. The van der Waals surface area contributed by atoms with Gasteiger partial charge in [0.1, 0.15) is 5.65 Å². The Morgan fingerprint density at radius 3 is 2.71 bits per heavy atom. The number of carbonyl (C=O) groups is 1. The van der Waals surface area contributed by atoms with E-state index in [4.69, 9.17) is 4.98 Å². The molecule has 3 aromatic rings. The number of hydrogen-bond acceptors (Lipinski definition) is 4. The lowest BCUT2D eigenvalue weighted by Crippen LogP contribution is -2.44. The zero-order valence-corrected chi connectivity index (χ0v) is 18.7. The molecule has 0 bridgehead atoms. The number of pyridine rings is 1. The number of aryl methyl sites for hydroxylation is 1. The number of sulfonamides is 1. The summed E-state index contributed by atoms with van der Waals surface area (Å²) in [5.41, 5.74) is 4.57. The Kier molecular flexibility index (Phi) is 6.11. The second kappa shape index (κ2) is 8.80. The Morgan fingerprint density at radius 2 is 2.00 bits per heavy atom. The molecule has 31 heavy (non-hydrogen) atoms. The molecule has 0 aliphatic carbocycles. The van der Waals surface area contributed by atoms with Crippen LogP contribution < -0.4 is 5.32 Å². The van der Waals surface area contributed by atoms with Crippen molar-refractivity contribution in [2.24, 2.45) is 5.92 Å². The number of piperidine rings is 1. The van der Waals surface area contributed by atoms with Crippen LogP contribution in [-0.2, 0) is 14.8 Å². The number of anilines is 1. The van der Waals surface area contributed by atoms with Crippen molar-refractivity contribution in [1.29, 1.82) is 0 Å². The highest BCUT2D eigenvalue weighted by Gasteiger charge is 2.31. The van der Waals surface area contributed by atoms with Crippen molar-refractivity contribution < 1.29 is 13.2 Å². The second-order valence-corrected chi connectivity index (χ2v) is 10.2. The normalized spacial score (nSPS) is 17.7. The average molecular weight is 441 g/mol. The van der Waals surface area contributed by atoms with E-state index in [0.29, 0.717) is 31.5 Å². The predicted molar refractivity (Wildman–Crippen MR) is 122 cm³/mol. The standard InChI is InChI=1S/C23H28N4O3S/c1-3-14-31(29,30)27-13-5-7-19(15-27)23(28)24-20-10-8-18(9-11-20)21-16-26-12-4-6-17(2)22(26)25-21/h4,6,8-12,16,19H,3,5,7,13-15H2,1-2H3,(H,24,28). The van der Waals surface area contributed by atoms with Crippen LogP contribution in [0.2, 0.25) is 0 Å². The fourth-order valence-corrected chi connectivity index (χ4v) is 5.65. The van der Waals surface area contributed by atoms with E-state index in [9.17, 15) is 13.2 Å². The van der Waals surface area contributed by atoms with Crippen LogP contribution in [0.3, 0.4) is 0 Å². The van der Waals surface area contributed by atoms with Gasteiger partial charge >= 0.3 is 0 Å². The molecule has 3 heterocycles. The van der Waals surface area contributed by atoms with E-state index in [1.165, 1.54) is 4.31 Å². The zero-order chi connectivity index (χ0) is 22.0. The summed E-state index contributed by atoms with van der Waals surface area (Å²) in [6.45, 7) is 4.64. The maximum atomic E-state index is 12.8. The van der Waals surface area contributed by atoms with Crippen molar-refractivity contribution >= 4 is 27.3 Å². The van der Waals surface area contributed by atoms with Crippen LogP contribution in [0.1, 0.15) is 31.7 Å². The zero-order valence-electron chi connectivity index (χ0n) is 17.9. The van der Waals surface area contributed by atoms with Crippen LogP contribution in [0.5, 0.6) is 0 Å². The van der Waals surface area contributed by atoms with E-state index in [0.717, 1.165) is 22.5 Å². The maximum Gasteiger partial charge on any atom is 0.228 e. The van der Waals surface area contributed by atoms with Crippen molar-refractivity contribution in [2.45, 2.75) is 33.1 Å². The minimum absolute atomic E-state index is 0.130. The van der Waals surface area contributed by atoms with Gasteiger partial charge in [0.15, 0.2) is 0 Å². The molecule has 7 nitrogen and oxygen atoms in total. The number of amides is 1. The van der Waals surface area contributed by atoms with Crippen molar-refractivity contribution in [3.05, 3.63) is 54.4 Å². The number of hydrogen-bond donors (Lipinski definition) is 1. The molecule has 1 aliphatic heterocycles. The third kappa shape index (κ3) is 4.65. The van der Waals surface area contributed by atoms with Crippen LogP contribution in [0.25, 0.3) is 16.9 Å². The molecule has 0 saturated carbocycles. The van der Waals surface area contributed by atoms with Crippen LogP contribution in [0.4, 0.5) is 5.69 Å². The first-order valence-corrected chi connectivity index (χ1v) is 12.3. The molecule has 0 radical (unpaired) electrons. The first-order chi connectivity index (χ1) is 14.9. The van der Waals surface area contributed by atoms with E-state index < -0.39 is 10.0 Å². The van der Waals surface area contributed by atoms with E-state index >= 15 is 0 Å². The van der Waals surface area contributed by atoms with Crippen molar-refractivity contribution in [1.82, 2.24) is 13.7 Å². The Balaban J connectivity index is 1.43. The smallest absolute Gasteiger partial charge is 0.228 e. The molecule has 0 spiro atoms. The van der Waals surface area contributed by atoms with Gasteiger partial charge in [-0.25, -0.2) is 17.7 Å². The van der Waals surface area contributed by atoms with E-state index in [2.05, 4.69) is 5.32 Å². The van der Waals surface area contributed by atoms with Gasteiger partial charge in [-0.2, -0.15) is 0 Å². The summed E-state index contributed by atoms with van der Waals surface area (Å²) in [4.78, 5) is 17.5. The molecule has 1 unspecified atom stereocenters. The maximum absolute atomic E-state index is 12.8. The van der Waals surface area contributed by atoms with Crippen molar-refractivity contribution in [3.8, 4) is 11.3 Å². The third-order valence-electron chi connectivity index (χ3n) is 5.74. The van der Waals surface area contributed by atoms with Gasteiger partial charge in [0.25, 0.3) is 0 Å². The molecule has 1 saturated heterocycles. The van der Waals surface area contributed by atoms with E-state index in [1.807, 2.05) is 67.0 Å². The number of imidazole rings is 1. The fourth-order valence-electron chi connectivity index (χ4n) is 4.06. The molecule has 4 rings (SSSR count). The third-order valence-corrected chi connectivity index (χ3v) is 7.78. The summed E-state index contributed by atoms with van der Waals surface area (Å²) >= 11 is 0. The van der Waals surface area contributed by atoms with E-state index in [1.54, 1.807) is 0 Å². The highest BCUT2D eigenvalue weighted by atomic mass is 32.2. The number of rotatable bonds is 6. The van der Waals surface area contributed by atoms with Crippen LogP contribution in [0.15, 0.2) is 48.8 Å². The molecule has 1 atom stereocenters. The topological polar surface area (TPSA) is 83.8 Å². The number of fused-ring (bicyclic) bond motifs is 1. The molecule has 1 amide bonds. The second-order valence-electron chi connectivity index (χ2n) is 8.13. The van der Waals surface area contributed by atoms with Crippen LogP contribution in [0, 0.1) is 12.8 Å². The van der Waals surface area contributed by atoms with Gasteiger partial charge in [-0.05, 0) is 49.9 Å². The first kappa shape index (κ1) is 21.5. The molecule has 164 valence electrons. The van der Waals surface area contributed by atoms with Gasteiger partial charge in [0, 0.05) is 36.7 Å². The predicted octanol–water partition coefficient (Wildman–Crippen LogP) is 3.70. The molecule has 1 N–H and O–H groups in total. The van der Waals surface area contributed by atoms with E-state index in [-0.39, 0.29) is 24.1 Å². The number of nitrogens with one attached hydrogen (secondary N) is 1. The minimum atomic E-state index is -3.28. The van der Waals surface area contributed by atoms with Gasteiger partial charge in [0.05, 0.1) is 17.4 Å². The van der Waals surface area contributed by atoms with Gasteiger partial charge in [-0.1, -0.05) is 25.1 Å². The SMILES string of the molecule is CCCS(=O)(=O)N1CCCC(C(=O)Nc2ccc(-c3cn4cccc(C)c4n3)cc2)C1. The Labute approximate surface area is 183 Å². The summed E-state index contributed by atoms with van der Waals surface area (Å²) in [6.07, 6.45) is 5.94. The summed E-state index contributed by atoms with van der Waals surface area (Å²) in [5, 5.41) is 2.94. The highest BCUT2D eigenvalue weighted by Crippen LogP contribution is 2.24. The lowest BCUT2D eigenvalue weighted by atomic mass is 9.98. The number of aromatic nitrogens is 2. The number of carbonyl (C=O) groups excluding carboxylic acids is 1. The Hall–Kier alpha value is -2.71. The molecule has 2 aromatic heterocycles. The molecule has 8 heteroatoms. The van der Waals surface area contributed by atoms with Gasteiger partial charge < -0.3 is 9.72 Å². The molecule has 1 fully saturated rings. The van der Waals surface area contributed by atoms with Gasteiger partial charge in [-0.3, -0.25) is 4.79 Å². The van der Waals surface area contributed by atoms with Gasteiger partial charge in [0.2, 0.25) is 15.9 Å². The van der Waals surface area contributed by atoms with Crippen molar-refractivity contribution in [3.63, 3.8) is 0 Å². The average Bonchev–Trinajstić information content (AvgIpc) is 3.20.